The number of amides is 2. The molecule has 4 rings (SSSR count). The van der Waals surface area contributed by atoms with Gasteiger partial charge in [0.15, 0.2) is 0 Å². The molecule has 2 fully saturated rings. The Hall–Kier alpha value is -2.86. The van der Waals surface area contributed by atoms with Crippen LogP contribution in [0.5, 0.6) is 5.75 Å². The molecule has 2 aromatic rings. The Kier molecular flexibility index (Phi) is 6.28. The van der Waals surface area contributed by atoms with Crippen LogP contribution in [0.4, 0.5) is 4.79 Å². The molecule has 0 spiro atoms. The summed E-state index contributed by atoms with van der Waals surface area (Å²) >= 11 is 0. The van der Waals surface area contributed by atoms with Gasteiger partial charge in [0, 0.05) is 0 Å². The average Bonchev–Trinajstić information content (AvgIpc) is 3.15. The van der Waals surface area contributed by atoms with Gasteiger partial charge in [0.05, 0.1) is 24.7 Å². The number of ether oxygens (including phenoxy) is 2. The standard InChI is InChI=1S/C25H29NO5/c1-30-21-12-10-19(11-13-21)22(25(29)14-6-3-7-15-25)23(27)26-20(17-31-24(26)28)16-18-8-4-2-5-9-18/h2,4-5,8-13,20,22,29H,3,6-7,14-17H2,1H3/t20-,22+/m1/s1. The maximum atomic E-state index is 13.8. The van der Waals surface area contributed by atoms with Gasteiger partial charge in [0.2, 0.25) is 5.91 Å². The Balaban J connectivity index is 1.67. The molecule has 1 saturated heterocycles. The molecule has 6 heteroatoms. The van der Waals surface area contributed by atoms with Gasteiger partial charge >= 0.3 is 6.09 Å². The number of carbonyl (C=O) groups is 2. The lowest BCUT2D eigenvalue weighted by Crippen LogP contribution is -2.50. The van der Waals surface area contributed by atoms with E-state index in [1.807, 2.05) is 42.5 Å². The van der Waals surface area contributed by atoms with E-state index >= 15 is 0 Å². The second-order valence-electron chi connectivity index (χ2n) is 8.50. The Morgan fingerprint density at radius 1 is 1.13 bits per heavy atom. The van der Waals surface area contributed by atoms with Gasteiger partial charge in [-0.1, -0.05) is 61.7 Å². The van der Waals surface area contributed by atoms with Gasteiger partial charge in [-0.25, -0.2) is 9.69 Å². The molecular weight excluding hydrogens is 394 g/mol. The molecule has 1 aliphatic carbocycles. The fourth-order valence-corrected chi connectivity index (χ4v) is 4.84. The van der Waals surface area contributed by atoms with Crippen molar-refractivity contribution >= 4 is 12.0 Å². The van der Waals surface area contributed by atoms with Gasteiger partial charge in [0.1, 0.15) is 12.4 Å². The van der Waals surface area contributed by atoms with Crippen molar-refractivity contribution in [3.63, 3.8) is 0 Å². The van der Waals surface area contributed by atoms with Crippen LogP contribution in [0, 0.1) is 0 Å². The van der Waals surface area contributed by atoms with Crippen molar-refractivity contribution in [2.75, 3.05) is 13.7 Å². The molecule has 164 valence electrons. The van der Waals surface area contributed by atoms with E-state index in [0.29, 0.717) is 30.6 Å². The number of nitrogens with zero attached hydrogens (tertiary/aromatic N) is 1. The molecule has 0 radical (unpaired) electrons. The summed E-state index contributed by atoms with van der Waals surface area (Å²) in [7, 11) is 1.58. The molecule has 6 nitrogen and oxygen atoms in total. The topological polar surface area (TPSA) is 76.1 Å². The van der Waals surface area contributed by atoms with Crippen LogP contribution in [0.25, 0.3) is 0 Å². The number of aliphatic hydroxyl groups is 1. The van der Waals surface area contributed by atoms with Crippen LogP contribution in [-0.4, -0.2) is 47.4 Å². The molecule has 2 aromatic carbocycles. The number of cyclic esters (lactones) is 1. The number of hydrogen-bond acceptors (Lipinski definition) is 5. The zero-order valence-electron chi connectivity index (χ0n) is 17.8. The van der Waals surface area contributed by atoms with Gasteiger partial charge in [-0.05, 0) is 42.5 Å². The first-order valence-corrected chi connectivity index (χ1v) is 10.9. The van der Waals surface area contributed by atoms with E-state index in [1.165, 1.54) is 4.90 Å². The minimum atomic E-state index is -1.19. The molecule has 2 atom stereocenters. The smallest absolute Gasteiger partial charge is 0.417 e. The average molecular weight is 424 g/mol. The zero-order valence-corrected chi connectivity index (χ0v) is 17.8. The molecule has 2 amide bonds. The summed E-state index contributed by atoms with van der Waals surface area (Å²) in [4.78, 5) is 27.7. The van der Waals surface area contributed by atoms with E-state index < -0.39 is 29.6 Å². The SMILES string of the molecule is COc1ccc([C@@H](C(=O)N2C(=O)OC[C@H]2Cc2ccccc2)C2(O)CCCCC2)cc1. The van der Waals surface area contributed by atoms with Crippen LogP contribution < -0.4 is 4.74 Å². The summed E-state index contributed by atoms with van der Waals surface area (Å²) in [5, 5.41) is 11.6. The second kappa shape index (κ2) is 9.10. The Labute approximate surface area is 182 Å². The first-order valence-electron chi connectivity index (χ1n) is 10.9. The molecule has 0 bridgehead atoms. The van der Waals surface area contributed by atoms with Crippen molar-refractivity contribution in [2.24, 2.45) is 0 Å². The first kappa shape index (κ1) is 21.4. The second-order valence-corrected chi connectivity index (χ2v) is 8.50. The Morgan fingerprint density at radius 3 is 2.45 bits per heavy atom. The number of imide groups is 1. The zero-order chi connectivity index (χ0) is 21.8. The number of hydrogen-bond donors (Lipinski definition) is 1. The predicted molar refractivity (Wildman–Crippen MR) is 116 cm³/mol. The minimum absolute atomic E-state index is 0.160. The Morgan fingerprint density at radius 2 is 1.81 bits per heavy atom. The fraction of sp³-hybridized carbons (Fsp3) is 0.440. The quantitative estimate of drug-likeness (QED) is 0.758. The minimum Gasteiger partial charge on any atom is -0.497 e. The van der Waals surface area contributed by atoms with Gasteiger partial charge in [-0.3, -0.25) is 4.79 Å². The lowest BCUT2D eigenvalue weighted by Gasteiger charge is -2.40. The van der Waals surface area contributed by atoms with E-state index in [4.69, 9.17) is 9.47 Å². The largest absolute Gasteiger partial charge is 0.497 e. The van der Waals surface area contributed by atoms with E-state index in [1.54, 1.807) is 19.2 Å². The van der Waals surface area contributed by atoms with E-state index in [9.17, 15) is 14.7 Å². The highest BCUT2D eigenvalue weighted by Crippen LogP contribution is 2.42. The van der Waals surface area contributed by atoms with Crippen LogP contribution in [0.1, 0.15) is 49.1 Å². The monoisotopic (exact) mass is 423 g/mol. The highest BCUT2D eigenvalue weighted by atomic mass is 16.6. The molecule has 31 heavy (non-hydrogen) atoms. The fourth-order valence-electron chi connectivity index (χ4n) is 4.84. The number of rotatable bonds is 6. The summed E-state index contributed by atoms with van der Waals surface area (Å²) in [6.07, 6.45) is 3.69. The third-order valence-corrected chi connectivity index (χ3v) is 6.47. The number of carbonyl (C=O) groups excluding carboxylic acids is 2. The summed E-state index contributed by atoms with van der Waals surface area (Å²) in [6, 6.07) is 16.5. The summed E-state index contributed by atoms with van der Waals surface area (Å²) in [6.45, 7) is 0.160. The third-order valence-electron chi connectivity index (χ3n) is 6.47. The van der Waals surface area contributed by atoms with Crippen molar-refractivity contribution < 1.29 is 24.2 Å². The molecule has 2 aliphatic rings. The molecule has 1 heterocycles. The van der Waals surface area contributed by atoms with Gasteiger partial charge in [-0.2, -0.15) is 0 Å². The van der Waals surface area contributed by atoms with Crippen LogP contribution in [-0.2, 0) is 16.0 Å². The number of benzene rings is 2. The predicted octanol–water partition coefficient (Wildman–Crippen LogP) is 4.06. The normalized spacial score (nSPS) is 21.4. The van der Waals surface area contributed by atoms with E-state index in [0.717, 1.165) is 24.8 Å². The molecular formula is C25H29NO5. The number of methoxy groups -OCH3 is 1. The highest BCUT2D eigenvalue weighted by molar-refractivity contribution is 5.98. The van der Waals surface area contributed by atoms with Crippen molar-refractivity contribution in [1.29, 1.82) is 0 Å². The van der Waals surface area contributed by atoms with Gasteiger partial charge in [0.25, 0.3) is 0 Å². The lowest BCUT2D eigenvalue weighted by atomic mass is 9.72. The molecule has 1 N–H and O–H groups in total. The van der Waals surface area contributed by atoms with Gasteiger partial charge < -0.3 is 14.6 Å². The molecule has 1 aliphatic heterocycles. The van der Waals surface area contributed by atoms with Crippen molar-refractivity contribution in [2.45, 2.75) is 56.1 Å². The van der Waals surface area contributed by atoms with Crippen LogP contribution in [0.15, 0.2) is 54.6 Å². The summed E-state index contributed by atoms with van der Waals surface area (Å²) in [5.74, 6) is -0.547. The van der Waals surface area contributed by atoms with Crippen LogP contribution >= 0.6 is 0 Å². The maximum absolute atomic E-state index is 13.8. The van der Waals surface area contributed by atoms with Crippen molar-refractivity contribution in [3.05, 3.63) is 65.7 Å². The molecule has 0 unspecified atom stereocenters. The van der Waals surface area contributed by atoms with Crippen LogP contribution in [0.3, 0.4) is 0 Å². The Bertz CT molecular complexity index is 905. The molecule has 0 aromatic heterocycles. The van der Waals surface area contributed by atoms with Crippen molar-refractivity contribution in [1.82, 2.24) is 4.90 Å². The lowest BCUT2D eigenvalue weighted by molar-refractivity contribution is -0.139. The van der Waals surface area contributed by atoms with E-state index in [2.05, 4.69) is 0 Å². The molecule has 1 saturated carbocycles. The first-order chi connectivity index (χ1) is 15.0. The third kappa shape index (κ3) is 4.44. The van der Waals surface area contributed by atoms with Crippen LogP contribution in [0.2, 0.25) is 0 Å². The van der Waals surface area contributed by atoms with E-state index in [-0.39, 0.29) is 6.61 Å². The maximum Gasteiger partial charge on any atom is 0.417 e. The van der Waals surface area contributed by atoms with Gasteiger partial charge in [-0.15, -0.1) is 0 Å². The summed E-state index contributed by atoms with van der Waals surface area (Å²) in [5.41, 5.74) is 0.527. The summed E-state index contributed by atoms with van der Waals surface area (Å²) < 4.78 is 10.5. The van der Waals surface area contributed by atoms with Crippen molar-refractivity contribution in [3.8, 4) is 5.75 Å². The highest BCUT2D eigenvalue weighted by Gasteiger charge is 2.49.